The number of hydrogen-bond acceptors (Lipinski definition) is 2. The van der Waals surface area contributed by atoms with Crippen molar-refractivity contribution in [2.24, 2.45) is 5.92 Å². The summed E-state index contributed by atoms with van der Waals surface area (Å²) in [6.45, 7) is 0. The minimum atomic E-state index is -0.396. The third-order valence-electron chi connectivity index (χ3n) is 2.41. The van der Waals surface area contributed by atoms with Crippen molar-refractivity contribution < 1.29 is 9.59 Å². The third-order valence-corrected chi connectivity index (χ3v) is 2.96. The van der Waals surface area contributed by atoms with Crippen LogP contribution in [0, 0.1) is 5.92 Å². The number of fused-ring (bicyclic) bond motifs is 1. The van der Waals surface area contributed by atoms with Gasteiger partial charge in [-0.25, -0.2) is 0 Å². The van der Waals surface area contributed by atoms with Crippen molar-refractivity contribution in [1.29, 1.82) is 0 Å². The molecule has 4 heteroatoms. The largest absolute Gasteiger partial charge is 0.312 e. The van der Waals surface area contributed by atoms with E-state index in [1.54, 1.807) is 7.05 Å². The molecule has 3 nitrogen and oxygen atoms in total. The van der Waals surface area contributed by atoms with Gasteiger partial charge in [-0.2, -0.15) is 0 Å². The average Bonchev–Trinajstić information content (AvgIpc) is 2.32. The number of halogens is 1. The maximum absolute atomic E-state index is 11.4. The van der Waals surface area contributed by atoms with Crippen LogP contribution in [0.25, 0.3) is 0 Å². The van der Waals surface area contributed by atoms with E-state index < -0.39 is 5.91 Å². The molecule has 1 aliphatic heterocycles. The lowest BCUT2D eigenvalue weighted by atomic mass is 9.96. The number of carbonyl (C=O) groups is 2. The molecule has 0 aromatic rings. The third kappa shape index (κ3) is 1.16. The second-order valence-corrected chi connectivity index (χ2v) is 4.09. The van der Waals surface area contributed by atoms with Crippen molar-refractivity contribution in [2.45, 2.75) is 6.42 Å². The predicted octanol–water partition coefficient (Wildman–Crippen LogP) is 1.21. The van der Waals surface area contributed by atoms with Crippen LogP contribution in [-0.4, -0.2) is 23.6 Å². The van der Waals surface area contributed by atoms with Gasteiger partial charge in [0.2, 0.25) is 5.78 Å². The quantitative estimate of drug-likeness (QED) is 0.599. The zero-order valence-electron chi connectivity index (χ0n) is 7.08. The summed E-state index contributed by atoms with van der Waals surface area (Å²) >= 11 is 3.33. The number of allylic oxidation sites excluding steroid dienone is 4. The SMILES string of the molecule is CN1C(=O)C(=O)C2CC=C(Br)C=C21. The van der Waals surface area contributed by atoms with Crippen molar-refractivity contribution in [3.63, 3.8) is 0 Å². The standard InChI is InChI=1S/C9H8BrNO2/c1-11-7-4-5(10)2-3-6(7)8(12)9(11)13/h2,4,6H,3H2,1H3. The number of amides is 1. The zero-order chi connectivity index (χ0) is 9.59. The van der Waals surface area contributed by atoms with Crippen LogP contribution in [0.2, 0.25) is 0 Å². The van der Waals surface area contributed by atoms with Crippen molar-refractivity contribution in [3.05, 3.63) is 22.3 Å². The summed E-state index contributed by atoms with van der Waals surface area (Å²) in [7, 11) is 1.64. The van der Waals surface area contributed by atoms with E-state index in [0.29, 0.717) is 6.42 Å². The summed E-state index contributed by atoms with van der Waals surface area (Å²) in [5.74, 6) is -0.921. The van der Waals surface area contributed by atoms with E-state index in [1.165, 1.54) is 4.90 Å². The van der Waals surface area contributed by atoms with Crippen LogP contribution in [0.3, 0.4) is 0 Å². The molecule has 1 aliphatic carbocycles. The van der Waals surface area contributed by atoms with Crippen molar-refractivity contribution in [3.8, 4) is 0 Å². The molecule has 2 rings (SSSR count). The molecular formula is C9H8BrNO2. The van der Waals surface area contributed by atoms with Gasteiger partial charge in [-0.1, -0.05) is 22.0 Å². The van der Waals surface area contributed by atoms with Gasteiger partial charge in [0, 0.05) is 17.2 Å². The molecule has 0 aromatic heterocycles. The van der Waals surface area contributed by atoms with E-state index in [1.807, 2.05) is 12.2 Å². The fourth-order valence-corrected chi connectivity index (χ4v) is 2.08. The van der Waals surface area contributed by atoms with Crippen molar-refractivity contribution in [2.75, 3.05) is 7.05 Å². The van der Waals surface area contributed by atoms with Crippen LogP contribution in [0.4, 0.5) is 0 Å². The van der Waals surface area contributed by atoms with Gasteiger partial charge in [-0.05, 0) is 12.5 Å². The minimum absolute atomic E-state index is 0.237. The zero-order valence-corrected chi connectivity index (χ0v) is 8.67. The number of hydrogen-bond donors (Lipinski definition) is 0. The van der Waals surface area contributed by atoms with Gasteiger partial charge in [0.1, 0.15) is 0 Å². The highest BCUT2D eigenvalue weighted by Crippen LogP contribution is 2.34. The first-order valence-electron chi connectivity index (χ1n) is 4.00. The van der Waals surface area contributed by atoms with Gasteiger partial charge in [-0.3, -0.25) is 9.59 Å². The van der Waals surface area contributed by atoms with E-state index >= 15 is 0 Å². The van der Waals surface area contributed by atoms with Crippen LogP contribution in [0.1, 0.15) is 6.42 Å². The summed E-state index contributed by atoms with van der Waals surface area (Å²) in [6.07, 6.45) is 4.37. The Hall–Kier alpha value is -0.900. The number of likely N-dealkylation sites (tertiary alicyclic amines) is 1. The topological polar surface area (TPSA) is 37.4 Å². The molecule has 1 saturated heterocycles. The van der Waals surface area contributed by atoms with E-state index in [2.05, 4.69) is 15.9 Å². The number of likely N-dealkylation sites (N-methyl/N-ethyl adjacent to an activating group) is 1. The molecule has 2 aliphatic rings. The van der Waals surface area contributed by atoms with E-state index in [0.717, 1.165) is 10.2 Å². The summed E-state index contributed by atoms with van der Waals surface area (Å²) in [4.78, 5) is 24.1. The predicted molar refractivity (Wildman–Crippen MR) is 51.0 cm³/mol. The number of rotatable bonds is 0. The van der Waals surface area contributed by atoms with Gasteiger partial charge in [0.15, 0.2) is 0 Å². The Morgan fingerprint density at radius 2 is 2.23 bits per heavy atom. The first kappa shape index (κ1) is 8.69. The van der Waals surface area contributed by atoms with Gasteiger partial charge >= 0.3 is 0 Å². The van der Waals surface area contributed by atoms with Gasteiger partial charge < -0.3 is 4.90 Å². The monoisotopic (exact) mass is 241 g/mol. The molecule has 0 saturated carbocycles. The number of nitrogens with zero attached hydrogens (tertiary/aromatic N) is 1. The fourth-order valence-electron chi connectivity index (χ4n) is 1.66. The van der Waals surface area contributed by atoms with Crippen LogP contribution >= 0.6 is 15.9 Å². The Morgan fingerprint density at radius 3 is 2.92 bits per heavy atom. The molecular weight excluding hydrogens is 234 g/mol. The molecule has 0 radical (unpaired) electrons. The van der Waals surface area contributed by atoms with Crippen LogP contribution in [0.15, 0.2) is 22.3 Å². The summed E-state index contributed by atoms with van der Waals surface area (Å²) < 4.78 is 0.938. The highest BCUT2D eigenvalue weighted by molar-refractivity contribution is 9.11. The molecule has 0 N–H and O–H groups in total. The van der Waals surface area contributed by atoms with Crippen LogP contribution < -0.4 is 0 Å². The maximum Gasteiger partial charge on any atom is 0.294 e. The fraction of sp³-hybridized carbons (Fsp3) is 0.333. The molecule has 13 heavy (non-hydrogen) atoms. The van der Waals surface area contributed by atoms with Crippen molar-refractivity contribution >= 4 is 27.6 Å². The Kier molecular flexibility index (Phi) is 1.87. The Bertz CT molecular complexity index is 357. The Morgan fingerprint density at radius 1 is 1.54 bits per heavy atom. The molecule has 1 unspecified atom stereocenters. The molecule has 1 amide bonds. The number of ketones is 1. The lowest BCUT2D eigenvalue weighted by Gasteiger charge is -2.16. The van der Waals surface area contributed by atoms with Gasteiger partial charge in [0.05, 0.1) is 5.92 Å². The van der Waals surface area contributed by atoms with Gasteiger partial charge in [0.25, 0.3) is 5.91 Å². The normalized spacial score (nSPS) is 27.2. The first-order valence-corrected chi connectivity index (χ1v) is 4.79. The highest BCUT2D eigenvalue weighted by Gasteiger charge is 2.41. The summed E-state index contributed by atoms with van der Waals surface area (Å²) in [5.41, 5.74) is 0.810. The Labute approximate surface area is 84.2 Å². The highest BCUT2D eigenvalue weighted by atomic mass is 79.9. The second-order valence-electron chi connectivity index (χ2n) is 3.17. The van der Waals surface area contributed by atoms with Crippen LogP contribution in [-0.2, 0) is 9.59 Å². The molecule has 0 spiro atoms. The first-order chi connectivity index (χ1) is 6.11. The molecule has 68 valence electrons. The van der Waals surface area contributed by atoms with Crippen LogP contribution in [0.5, 0.6) is 0 Å². The van der Waals surface area contributed by atoms with Crippen molar-refractivity contribution in [1.82, 2.24) is 4.90 Å². The van der Waals surface area contributed by atoms with E-state index in [4.69, 9.17) is 0 Å². The number of Topliss-reactive ketones (excluding diaryl/α,β-unsaturated/α-hetero) is 1. The smallest absolute Gasteiger partial charge is 0.294 e. The maximum atomic E-state index is 11.4. The minimum Gasteiger partial charge on any atom is -0.312 e. The number of carbonyl (C=O) groups excluding carboxylic acids is 2. The molecule has 1 heterocycles. The molecule has 1 fully saturated rings. The Balaban J connectivity index is 2.44. The van der Waals surface area contributed by atoms with E-state index in [9.17, 15) is 9.59 Å². The lowest BCUT2D eigenvalue weighted by molar-refractivity contribution is -0.140. The summed E-state index contributed by atoms with van der Waals surface area (Å²) in [5, 5.41) is 0. The molecule has 0 bridgehead atoms. The second kappa shape index (κ2) is 2.80. The lowest BCUT2D eigenvalue weighted by Crippen LogP contribution is -2.21. The molecule has 0 aromatic carbocycles. The van der Waals surface area contributed by atoms with E-state index in [-0.39, 0.29) is 11.7 Å². The molecule has 1 atom stereocenters. The average molecular weight is 242 g/mol. The van der Waals surface area contributed by atoms with Gasteiger partial charge in [-0.15, -0.1) is 0 Å². The summed E-state index contributed by atoms with van der Waals surface area (Å²) in [6, 6.07) is 0.